The van der Waals surface area contributed by atoms with Crippen LogP contribution in [0.2, 0.25) is 0 Å². The molecule has 1 unspecified atom stereocenters. The molecular formula is C11H22N2OS. The average molecular weight is 230 g/mol. The van der Waals surface area contributed by atoms with Crippen molar-refractivity contribution in [3.63, 3.8) is 0 Å². The van der Waals surface area contributed by atoms with E-state index in [1.165, 1.54) is 32.1 Å². The number of amides is 1. The predicted octanol–water partition coefficient (Wildman–Crippen LogP) is 1.52. The standard InChI is InChI=1S/C11H22N2OS/c1-13-10(11(12)14)7-8-15-9-5-3-2-4-6-9/h9-10,13H,2-8H2,1H3,(H2,12,14). The number of hydrogen-bond acceptors (Lipinski definition) is 3. The van der Waals surface area contributed by atoms with E-state index in [4.69, 9.17) is 5.73 Å². The van der Waals surface area contributed by atoms with Crippen LogP contribution in [0.1, 0.15) is 38.5 Å². The SMILES string of the molecule is CNC(CCSC1CCCCC1)C(N)=O. The minimum atomic E-state index is -0.234. The highest BCUT2D eigenvalue weighted by Crippen LogP contribution is 2.28. The predicted molar refractivity (Wildman–Crippen MR) is 66.0 cm³/mol. The molecule has 0 aromatic carbocycles. The zero-order valence-electron chi connectivity index (χ0n) is 9.50. The zero-order valence-corrected chi connectivity index (χ0v) is 10.3. The summed E-state index contributed by atoms with van der Waals surface area (Å²) in [6, 6.07) is -0.152. The van der Waals surface area contributed by atoms with Crippen LogP contribution < -0.4 is 11.1 Å². The smallest absolute Gasteiger partial charge is 0.234 e. The van der Waals surface area contributed by atoms with Gasteiger partial charge in [-0.25, -0.2) is 0 Å². The summed E-state index contributed by atoms with van der Waals surface area (Å²) in [6.07, 6.45) is 7.72. The first kappa shape index (κ1) is 12.8. The number of carbonyl (C=O) groups excluding carboxylic acids is 1. The first-order chi connectivity index (χ1) is 7.24. The second-order valence-corrected chi connectivity index (χ2v) is 5.57. The molecule has 1 fully saturated rings. The summed E-state index contributed by atoms with van der Waals surface area (Å²) in [6.45, 7) is 0. The number of carbonyl (C=O) groups is 1. The molecule has 1 amide bonds. The maximum atomic E-state index is 11.0. The van der Waals surface area contributed by atoms with E-state index < -0.39 is 0 Å². The largest absolute Gasteiger partial charge is 0.368 e. The number of likely N-dealkylation sites (N-methyl/N-ethyl adjacent to an activating group) is 1. The molecule has 1 rings (SSSR count). The summed E-state index contributed by atoms with van der Waals surface area (Å²) in [5.74, 6) is 0.806. The van der Waals surface area contributed by atoms with E-state index in [0.29, 0.717) is 0 Å². The summed E-state index contributed by atoms with van der Waals surface area (Å²) in [5, 5.41) is 3.77. The van der Waals surface area contributed by atoms with Crippen LogP contribution in [0.25, 0.3) is 0 Å². The van der Waals surface area contributed by atoms with Gasteiger partial charge in [-0.1, -0.05) is 19.3 Å². The number of nitrogens with two attached hydrogens (primary N) is 1. The average Bonchev–Trinajstić information content (AvgIpc) is 2.25. The summed E-state index contributed by atoms with van der Waals surface area (Å²) in [4.78, 5) is 11.0. The quantitative estimate of drug-likeness (QED) is 0.727. The van der Waals surface area contributed by atoms with Gasteiger partial charge >= 0.3 is 0 Å². The van der Waals surface area contributed by atoms with Crippen LogP contribution in [-0.4, -0.2) is 30.0 Å². The Balaban J connectivity index is 2.11. The second-order valence-electron chi connectivity index (χ2n) is 4.16. The monoisotopic (exact) mass is 230 g/mol. The Labute approximate surface area is 96.6 Å². The van der Waals surface area contributed by atoms with Crippen molar-refractivity contribution < 1.29 is 4.79 Å². The van der Waals surface area contributed by atoms with Crippen molar-refractivity contribution in [3.8, 4) is 0 Å². The summed E-state index contributed by atoms with van der Waals surface area (Å²) in [5.41, 5.74) is 5.26. The van der Waals surface area contributed by atoms with Crippen LogP contribution in [0.4, 0.5) is 0 Å². The Morgan fingerprint density at radius 1 is 1.47 bits per heavy atom. The molecule has 0 radical (unpaired) electrons. The van der Waals surface area contributed by atoms with Gasteiger partial charge in [0.2, 0.25) is 5.91 Å². The second kappa shape index (κ2) is 7.12. The third kappa shape index (κ3) is 4.89. The lowest BCUT2D eigenvalue weighted by Gasteiger charge is -2.21. The van der Waals surface area contributed by atoms with Gasteiger partial charge in [0.15, 0.2) is 0 Å². The van der Waals surface area contributed by atoms with Gasteiger partial charge in [0.25, 0.3) is 0 Å². The van der Waals surface area contributed by atoms with Gasteiger partial charge in [0.1, 0.15) is 0 Å². The molecule has 1 saturated carbocycles. The van der Waals surface area contributed by atoms with E-state index in [0.717, 1.165) is 17.4 Å². The molecule has 3 nitrogen and oxygen atoms in total. The molecule has 1 aliphatic carbocycles. The van der Waals surface area contributed by atoms with E-state index in [-0.39, 0.29) is 11.9 Å². The molecule has 15 heavy (non-hydrogen) atoms. The fraction of sp³-hybridized carbons (Fsp3) is 0.909. The maximum absolute atomic E-state index is 11.0. The minimum absolute atomic E-state index is 0.152. The van der Waals surface area contributed by atoms with E-state index in [2.05, 4.69) is 5.32 Å². The van der Waals surface area contributed by atoms with Crippen molar-refractivity contribution >= 4 is 17.7 Å². The van der Waals surface area contributed by atoms with Crippen molar-refractivity contribution in [2.24, 2.45) is 5.73 Å². The maximum Gasteiger partial charge on any atom is 0.234 e. The number of thioether (sulfide) groups is 1. The van der Waals surface area contributed by atoms with Gasteiger partial charge in [-0.15, -0.1) is 0 Å². The van der Waals surface area contributed by atoms with E-state index in [1.807, 2.05) is 11.8 Å². The molecule has 0 heterocycles. The van der Waals surface area contributed by atoms with Crippen LogP contribution in [0.15, 0.2) is 0 Å². The highest BCUT2D eigenvalue weighted by Gasteiger charge is 2.16. The minimum Gasteiger partial charge on any atom is -0.368 e. The third-order valence-electron chi connectivity index (χ3n) is 3.00. The third-order valence-corrected chi connectivity index (χ3v) is 4.42. The molecule has 0 spiro atoms. The Morgan fingerprint density at radius 3 is 2.67 bits per heavy atom. The van der Waals surface area contributed by atoms with Crippen molar-refractivity contribution in [2.75, 3.05) is 12.8 Å². The number of rotatable bonds is 6. The highest BCUT2D eigenvalue weighted by molar-refractivity contribution is 7.99. The molecule has 0 aromatic rings. The van der Waals surface area contributed by atoms with Crippen LogP contribution in [-0.2, 0) is 4.79 Å². The van der Waals surface area contributed by atoms with Crippen molar-refractivity contribution in [3.05, 3.63) is 0 Å². The number of hydrogen-bond donors (Lipinski definition) is 2. The first-order valence-electron chi connectivity index (χ1n) is 5.82. The van der Waals surface area contributed by atoms with Crippen LogP contribution in [0.5, 0.6) is 0 Å². The lowest BCUT2D eigenvalue weighted by atomic mass is 10.0. The van der Waals surface area contributed by atoms with Gasteiger partial charge in [0.05, 0.1) is 6.04 Å². The van der Waals surface area contributed by atoms with Gasteiger partial charge < -0.3 is 11.1 Å². The molecular weight excluding hydrogens is 208 g/mol. The van der Waals surface area contributed by atoms with E-state index in [9.17, 15) is 4.79 Å². The topological polar surface area (TPSA) is 55.1 Å². The summed E-state index contributed by atoms with van der Waals surface area (Å²) >= 11 is 2.01. The van der Waals surface area contributed by atoms with E-state index >= 15 is 0 Å². The summed E-state index contributed by atoms with van der Waals surface area (Å²) in [7, 11) is 1.79. The van der Waals surface area contributed by atoms with Gasteiger partial charge in [-0.2, -0.15) is 11.8 Å². The molecule has 0 saturated heterocycles. The lowest BCUT2D eigenvalue weighted by molar-refractivity contribution is -0.119. The zero-order chi connectivity index (χ0) is 11.1. The van der Waals surface area contributed by atoms with Crippen molar-refractivity contribution in [2.45, 2.75) is 49.8 Å². The van der Waals surface area contributed by atoms with Gasteiger partial charge in [-0.3, -0.25) is 4.79 Å². The Hall–Kier alpha value is -0.220. The van der Waals surface area contributed by atoms with Crippen LogP contribution in [0.3, 0.4) is 0 Å². The Morgan fingerprint density at radius 2 is 2.13 bits per heavy atom. The highest BCUT2D eigenvalue weighted by atomic mass is 32.2. The number of primary amides is 1. The fourth-order valence-electron chi connectivity index (χ4n) is 2.01. The molecule has 0 aliphatic heterocycles. The normalized spacial score (nSPS) is 20.1. The van der Waals surface area contributed by atoms with E-state index in [1.54, 1.807) is 7.05 Å². The van der Waals surface area contributed by atoms with Gasteiger partial charge in [-0.05, 0) is 32.1 Å². The molecule has 1 atom stereocenters. The molecule has 0 aromatic heterocycles. The molecule has 1 aliphatic rings. The van der Waals surface area contributed by atoms with Crippen molar-refractivity contribution in [1.29, 1.82) is 0 Å². The van der Waals surface area contributed by atoms with Crippen molar-refractivity contribution in [1.82, 2.24) is 5.32 Å². The van der Waals surface area contributed by atoms with Crippen LogP contribution in [0, 0.1) is 0 Å². The molecule has 4 heteroatoms. The number of nitrogens with one attached hydrogen (secondary N) is 1. The molecule has 3 N–H and O–H groups in total. The lowest BCUT2D eigenvalue weighted by Crippen LogP contribution is -2.39. The molecule has 88 valence electrons. The summed E-state index contributed by atoms with van der Waals surface area (Å²) < 4.78 is 0. The fourth-order valence-corrected chi connectivity index (χ4v) is 3.38. The Kier molecular flexibility index (Phi) is 6.10. The van der Waals surface area contributed by atoms with Crippen LogP contribution >= 0.6 is 11.8 Å². The first-order valence-corrected chi connectivity index (χ1v) is 6.87. The van der Waals surface area contributed by atoms with Gasteiger partial charge in [0, 0.05) is 5.25 Å². The Bertz CT molecular complexity index is 193. The molecule has 0 bridgehead atoms.